The molecule has 3 aromatic rings. The van der Waals surface area contributed by atoms with Gasteiger partial charge >= 0.3 is 0 Å². The van der Waals surface area contributed by atoms with Crippen LogP contribution >= 0.6 is 0 Å². The van der Waals surface area contributed by atoms with Crippen LogP contribution in [0.1, 0.15) is 40.4 Å². The number of anilines is 2. The van der Waals surface area contributed by atoms with E-state index in [1.807, 2.05) is 57.2 Å². The minimum Gasteiger partial charge on any atom is -0.489 e. The molecule has 0 bridgehead atoms. The zero-order valence-electron chi connectivity index (χ0n) is 16.6. The minimum atomic E-state index is -0.421. The molecule has 2 amide bonds. The van der Waals surface area contributed by atoms with Crippen LogP contribution in [0.5, 0.6) is 5.75 Å². The van der Waals surface area contributed by atoms with E-state index in [0.717, 1.165) is 5.56 Å². The van der Waals surface area contributed by atoms with E-state index in [1.165, 1.54) is 0 Å². The number of pyridine rings is 1. The van der Waals surface area contributed by atoms with E-state index in [4.69, 9.17) is 4.74 Å². The summed E-state index contributed by atoms with van der Waals surface area (Å²) in [7, 11) is 0. The highest BCUT2D eigenvalue weighted by atomic mass is 16.5. The number of carbonyl (C=O) groups excluding carboxylic acids is 2. The molecule has 0 unspecified atom stereocenters. The summed E-state index contributed by atoms with van der Waals surface area (Å²) in [5.41, 5.74) is 2.60. The lowest BCUT2D eigenvalue weighted by Crippen LogP contribution is -2.19. The van der Waals surface area contributed by atoms with Crippen LogP contribution in [0.25, 0.3) is 0 Å². The molecule has 148 valence electrons. The summed E-state index contributed by atoms with van der Waals surface area (Å²) < 4.78 is 5.72. The molecule has 0 saturated carbocycles. The van der Waals surface area contributed by atoms with Gasteiger partial charge in [0.05, 0.1) is 11.8 Å². The van der Waals surface area contributed by atoms with Crippen LogP contribution in [0.3, 0.4) is 0 Å². The predicted molar refractivity (Wildman–Crippen MR) is 114 cm³/mol. The number of nitrogens with one attached hydrogen (secondary N) is 2. The lowest BCUT2D eigenvalue weighted by atomic mass is 10.2. The topological polar surface area (TPSA) is 80.3 Å². The SMILES string of the molecule is Cc1ccc(NC(=O)c2cccc(C(=O)Nc3ccccc3OC(C)C)n2)cc1. The van der Waals surface area contributed by atoms with Crippen molar-refractivity contribution in [3.05, 3.63) is 83.7 Å². The number of carbonyl (C=O) groups is 2. The molecule has 1 aromatic heterocycles. The Morgan fingerprint density at radius 3 is 2.10 bits per heavy atom. The molecule has 0 aliphatic heterocycles. The van der Waals surface area contributed by atoms with Crippen LogP contribution in [-0.4, -0.2) is 22.9 Å². The van der Waals surface area contributed by atoms with Gasteiger partial charge in [0.25, 0.3) is 11.8 Å². The smallest absolute Gasteiger partial charge is 0.274 e. The number of para-hydroxylation sites is 2. The number of aromatic nitrogens is 1. The van der Waals surface area contributed by atoms with Crippen LogP contribution in [0.15, 0.2) is 66.7 Å². The summed E-state index contributed by atoms with van der Waals surface area (Å²) in [6.07, 6.45) is -0.0278. The molecule has 29 heavy (non-hydrogen) atoms. The van der Waals surface area contributed by atoms with E-state index in [0.29, 0.717) is 17.1 Å². The van der Waals surface area contributed by atoms with Crippen molar-refractivity contribution in [1.82, 2.24) is 4.98 Å². The minimum absolute atomic E-state index is 0.0278. The highest BCUT2D eigenvalue weighted by molar-refractivity contribution is 6.06. The fraction of sp³-hybridized carbons (Fsp3) is 0.174. The molecule has 0 saturated heterocycles. The maximum Gasteiger partial charge on any atom is 0.274 e. The molecule has 6 heteroatoms. The number of aryl methyl sites for hydroxylation is 1. The number of hydrogen-bond donors (Lipinski definition) is 2. The zero-order valence-corrected chi connectivity index (χ0v) is 16.6. The summed E-state index contributed by atoms with van der Waals surface area (Å²) in [6, 6.07) is 19.4. The Hall–Kier alpha value is -3.67. The van der Waals surface area contributed by atoms with Gasteiger partial charge in [-0.2, -0.15) is 0 Å². The van der Waals surface area contributed by atoms with Gasteiger partial charge in [0.2, 0.25) is 0 Å². The van der Waals surface area contributed by atoms with Crippen molar-refractivity contribution in [3.8, 4) is 5.75 Å². The highest BCUT2D eigenvalue weighted by Gasteiger charge is 2.15. The van der Waals surface area contributed by atoms with E-state index in [9.17, 15) is 9.59 Å². The maximum absolute atomic E-state index is 12.7. The van der Waals surface area contributed by atoms with Gasteiger partial charge in [-0.3, -0.25) is 9.59 Å². The van der Waals surface area contributed by atoms with Gasteiger partial charge in [0, 0.05) is 5.69 Å². The molecule has 0 aliphatic rings. The highest BCUT2D eigenvalue weighted by Crippen LogP contribution is 2.25. The number of benzene rings is 2. The molecule has 6 nitrogen and oxygen atoms in total. The summed E-state index contributed by atoms with van der Waals surface area (Å²) in [5, 5.41) is 5.57. The molecule has 3 rings (SSSR count). The second-order valence-electron chi connectivity index (χ2n) is 6.85. The Morgan fingerprint density at radius 2 is 1.45 bits per heavy atom. The zero-order chi connectivity index (χ0) is 20.8. The lowest BCUT2D eigenvalue weighted by Gasteiger charge is -2.14. The van der Waals surface area contributed by atoms with Crippen LogP contribution < -0.4 is 15.4 Å². The number of nitrogens with zero attached hydrogens (tertiary/aromatic N) is 1. The predicted octanol–water partition coefficient (Wildman–Crippen LogP) is 4.68. The Balaban J connectivity index is 1.74. The fourth-order valence-electron chi connectivity index (χ4n) is 2.63. The van der Waals surface area contributed by atoms with Gasteiger partial charge in [0.15, 0.2) is 0 Å². The summed E-state index contributed by atoms with van der Waals surface area (Å²) in [5.74, 6) is -0.231. The maximum atomic E-state index is 12.7. The molecule has 0 radical (unpaired) electrons. The average molecular weight is 389 g/mol. The number of hydrogen-bond acceptors (Lipinski definition) is 4. The van der Waals surface area contributed by atoms with Gasteiger partial charge in [-0.15, -0.1) is 0 Å². The average Bonchev–Trinajstić information content (AvgIpc) is 2.71. The van der Waals surface area contributed by atoms with Crippen molar-refractivity contribution in [3.63, 3.8) is 0 Å². The Bertz CT molecular complexity index is 1010. The molecule has 2 N–H and O–H groups in total. The largest absolute Gasteiger partial charge is 0.489 e. The van der Waals surface area contributed by atoms with Crippen LogP contribution in [0, 0.1) is 6.92 Å². The van der Waals surface area contributed by atoms with Gasteiger partial charge in [-0.1, -0.05) is 35.9 Å². The Morgan fingerprint density at radius 1 is 0.828 bits per heavy atom. The van der Waals surface area contributed by atoms with Crippen LogP contribution in [0.2, 0.25) is 0 Å². The third-order valence-electron chi connectivity index (χ3n) is 4.02. The Labute approximate surface area is 169 Å². The van der Waals surface area contributed by atoms with E-state index in [1.54, 1.807) is 30.3 Å². The number of rotatable bonds is 6. The van der Waals surface area contributed by atoms with Crippen molar-refractivity contribution in [2.24, 2.45) is 0 Å². The monoisotopic (exact) mass is 389 g/mol. The molecular weight excluding hydrogens is 366 g/mol. The molecular formula is C23H23N3O3. The fourth-order valence-corrected chi connectivity index (χ4v) is 2.63. The standard InChI is InChI=1S/C23H23N3O3/c1-15(2)29-21-10-5-4-7-18(21)26-23(28)20-9-6-8-19(25-20)22(27)24-17-13-11-16(3)12-14-17/h4-15H,1-3H3,(H,24,27)(H,26,28). The van der Waals surface area contributed by atoms with Crippen LogP contribution in [-0.2, 0) is 0 Å². The first-order valence-corrected chi connectivity index (χ1v) is 9.34. The summed E-state index contributed by atoms with van der Waals surface area (Å²) in [6.45, 7) is 5.80. The second-order valence-corrected chi connectivity index (χ2v) is 6.85. The molecule has 0 atom stereocenters. The number of amides is 2. The van der Waals surface area contributed by atoms with Crippen LogP contribution in [0.4, 0.5) is 11.4 Å². The van der Waals surface area contributed by atoms with Crippen molar-refractivity contribution >= 4 is 23.2 Å². The summed E-state index contributed by atoms with van der Waals surface area (Å²) in [4.78, 5) is 29.4. The third-order valence-corrected chi connectivity index (χ3v) is 4.02. The van der Waals surface area contributed by atoms with E-state index < -0.39 is 5.91 Å². The first kappa shape index (κ1) is 20.1. The first-order valence-electron chi connectivity index (χ1n) is 9.34. The van der Waals surface area contributed by atoms with E-state index in [-0.39, 0.29) is 23.4 Å². The van der Waals surface area contributed by atoms with Gasteiger partial charge in [0.1, 0.15) is 17.1 Å². The van der Waals surface area contributed by atoms with Crippen molar-refractivity contribution in [2.75, 3.05) is 10.6 Å². The van der Waals surface area contributed by atoms with Gasteiger partial charge in [-0.05, 0) is 57.2 Å². The molecule has 0 aliphatic carbocycles. The van der Waals surface area contributed by atoms with E-state index >= 15 is 0 Å². The molecule has 0 fully saturated rings. The Kier molecular flexibility index (Phi) is 6.24. The second kappa shape index (κ2) is 9.01. The van der Waals surface area contributed by atoms with E-state index in [2.05, 4.69) is 15.6 Å². The third kappa shape index (κ3) is 5.42. The first-order chi connectivity index (χ1) is 13.9. The van der Waals surface area contributed by atoms with Crippen molar-refractivity contribution in [1.29, 1.82) is 0 Å². The molecule has 1 heterocycles. The van der Waals surface area contributed by atoms with Crippen molar-refractivity contribution < 1.29 is 14.3 Å². The van der Waals surface area contributed by atoms with Gasteiger partial charge in [-0.25, -0.2) is 4.98 Å². The normalized spacial score (nSPS) is 10.5. The molecule has 2 aromatic carbocycles. The summed E-state index contributed by atoms with van der Waals surface area (Å²) >= 11 is 0. The lowest BCUT2D eigenvalue weighted by molar-refractivity contribution is 0.101. The molecule has 0 spiro atoms. The quantitative estimate of drug-likeness (QED) is 0.641. The van der Waals surface area contributed by atoms with Gasteiger partial charge < -0.3 is 15.4 Å². The van der Waals surface area contributed by atoms with Crippen molar-refractivity contribution in [2.45, 2.75) is 26.9 Å². The number of ether oxygens (including phenoxy) is 1.